The highest BCUT2D eigenvalue weighted by Gasteiger charge is 2.29. The molecule has 0 aliphatic carbocycles. The number of hydrogen-bond acceptors (Lipinski definition) is 5. The van der Waals surface area contributed by atoms with E-state index in [0.717, 1.165) is 23.9 Å². The molecule has 0 amide bonds. The number of fused-ring (bicyclic) bond motifs is 2. The first kappa shape index (κ1) is 16.2. The van der Waals surface area contributed by atoms with Crippen molar-refractivity contribution in [2.24, 2.45) is 0 Å². The second-order valence-electron chi connectivity index (χ2n) is 6.40. The van der Waals surface area contributed by atoms with E-state index in [-0.39, 0.29) is 10.9 Å². The molecule has 1 N–H and O–H groups in total. The normalized spacial score (nSPS) is 17.6. The van der Waals surface area contributed by atoms with Crippen molar-refractivity contribution in [2.45, 2.75) is 44.2 Å². The molecule has 0 saturated carbocycles. The molecule has 0 bridgehead atoms. The number of nitrogens with one attached hydrogen (secondary N) is 1. The molecule has 1 aliphatic heterocycles. The van der Waals surface area contributed by atoms with E-state index >= 15 is 0 Å². The van der Waals surface area contributed by atoms with Crippen molar-refractivity contribution in [3.05, 3.63) is 47.7 Å². The smallest absolute Gasteiger partial charge is 0.243 e. The molecule has 3 aromatic rings. The minimum Gasteiger partial charge on any atom is -0.255 e. The maximum Gasteiger partial charge on any atom is 0.243 e. The van der Waals surface area contributed by atoms with Gasteiger partial charge in [0.05, 0.1) is 11.6 Å². The summed E-state index contributed by atoms with van der Waals surface area (Å²) in [6.07, 6.45) is 3.24. The third kappa shape index (κ3) is 2.91. The predicted octanol–water partition coefficient (Wildman–Crippen LogP) is 2.26. The van der Waals surface area contributed by atoms with Gasteiger partial charge in [0, 0.05) is 18.1 Å². The van der Waals surface area contributed by atoms with Gasteiger partial charge < -0.3 is 0 Å². The van der Waals surface area contributed by atoms with Gasteiger partial charge in [0.2, 0.25) is 10.0 Å². The van der Waals surface area contributed by atoms with Gasteiger partial charge in [-0.25, -0.2) is 22.8 Å². The molecule has 0 unspecified atom stereocenters. The van der Waals surface area contributed by atoms with Gasteiger partial charge in [-0.3, -0.25) is 4.98 Å². The van der Waals surface area contributed by atoms with Crippen LogP contribution in [0.1, 0.15) is 36.1 Å². The molecule has 130 valence electrons. The Kier molecular flexibility index (Phi) is 3.81. The van der Waals surface area contributed by atoms with Gasteiger partial charge in [-0.1, -0.05) is 12.1 Å². The monoisotopic (exact) mass is 357 g/mol. The Labute approximate surface area is 146 Å². The maximum atomic E-state index is 13.0. The highest BCUT2D eigenvalue weighted by atomic mass is 32.2. The van der Waals surface area contributed by atoms with Crippen LogP contribution < -0.4 is 4.72 Å². The fourth-order valence-electron chi connectivity index (χ4n) is 3.29. The molecule has 0 saturated heterocycles. The Morgan fingerprint density at radius 2 is 2.12 bits per heavy atom. The minimum absolute atomic E-state index is 0.193. The molecule has 7 nitrogen and oxygen atoms in total. The lowest BCUT2D eigenvalue weighted by molar-refractivity contribution is 0.400. The lowest BCUT2D eigenvalue weighted by atomic mass is 10.1. The number of pyridine rings is 1. The summed E-state index contributed by atoms with van der Waals surface area (Å²) in [5.74, 6) is 1.33. The van der Waals surface area contributed by atoms with E-state index in [1.54, 1.807) is 23.0 Å². The first-order valence-electron chi connectivity index (χ1n) is 8.23. The van der Waals surface area contributed by atoms with Gasteiger partial charge >= 0.3 is 0 Å². The number of sulfonamides is 1. The molecule has 1 atom stereocenters. The molecule has 4 rings (SSSR count). The summed E-state index contributed by atoms with van der Waals surface area (Å²) in [6, 6.07) is 6.76. The molecule has 0 spiro atoms. The van der Waals surface area contributed by atoms with Crippen LogP contribution in [-0.4, -0.2) is 28.2 Å². The first-order valence-corrected chi connectivity index (χ1v) is 9.71. The molecule has 25 heavy (non-hydrogen) atoms. The average molecular weight is 357 g/mol. The number of rotatable bonds is 3. The minimum atomic E-state index is -3.73. The second kappa shape index (κ2) is 5.89. The number of aromatic nitrogens is 4. The van der Waals surface area contributed by atoms with Crippen molar-refractivity contribution in [3.8, 4) is 0 Å². The second-order valence-corrected chi connectivity index (χ2v) is 8.08. The molecule has 1 aliphatic rings. The zero-order chi connectivity index (χ0) is 17.6. The van der Waals surface area contributed by atoms with Crippen molar-refractivity contribution < 1.29 is 8.42 Å². The van der Waals surface area contributed by atoms with Gasteiger partial charge in [0.25, 0.3) is 0 Å². The van der Waals surface area contributed by atoms with Gasteiger partial charge in [0.15, 0.2) is 0 Å². The lowest BCUT2D eigenvalue weighted by Crippen LogP contribution is -2.33. The Morgan fingerprint density at radius 1 is 1.28 bits per heavy atom. The van der Waals surface area contributed by atoms with Crippen molar-refractivity contribution >= 4 is 20.9 Å². The van der Waals surface area contributed by atoms with Crippen molar-refractivity contribution in [1.29, 1.82) is 0 Å². The molecule has 3 heterocycles. The van der Waals surface area contributed by atoms with Gasteiger partial charge in [-0.15, -0.1) is 0 Å². The average Bonchev–Trinajstić information content (AvgIpc) is 2.95. The van der Waals surface area contributed by atoms with Gasteiger partial charge in [-0.05, 0) is 44.4 Å². The van der Waals surface area contributed by atoms with Crippen molar-refractivity contribution in [1.82, 2.24) is 24.5 Å². The highest BCUT2D eigenvalue weighted by Crippen LogP contribution is 2.27. The summed E-state index contributed by atoms with van der Waals surface area (Å²) in [6.45, 7) is 4.51. The van der Waals surface area contributed by atoms with Crippen LogP contribution in [0.5, 0.6) is 0 Å². The lowest BCUT2D eigenvalue weighted by Gasteiger charge is -2.23. The van der Waals surface area contributed by atoms with E-state index in [1.165, 1.54) is 0 Å². The Morgan fingerprint density at radius 3 is 2.96 bits per heavy atom. The molecule has 0 radical (unpaired) electrons. The fourth-order valence-corrected chi connectivity index (χ4v) is 4.70. The third-order valence-corrected chi connectivity index (χ3v) is 5.88. The van der Waals surface area contributed by atoms with E-state index in [0.29, 0.717) is 23.6 Å². The number of hydrogen-bond donors (Lipinski definition) is 1. The van der Waals surface area contributed by atoms with Crippen LogP contribution in [0.4, 0.5) is 0 Å². The largest absolute Gasteiger partial charge is 0.255 e. The summed E-state index contributed by atoms with van der Waals surface area (Å²) in [5, 5.41) is 5.13. The summed E-state index contributed by atoms with van der Waals surface area (Å²) >= 11 is 0. The predicted molar refractivity (Wildman–Crippen MR) is 93.5 cm³/mol. The number of nitrogens with zero attached hydrogens (tertiary/aromatic N) is 4. The van der Waals surface area contributed by atoms with Crippen LogP contribution in [0.15, 0.2) is 35.4 Å². The molecule has 2 aromatic heterocycles. The van der Waals surface area contributed by atoms with Crippen LogP contribution in [0, 0.1) is 13.8 Å². The Bertz CT molecular complexity index is 1060. The molecular weight excluding hydrogens is 338 g/mol. The summed E-state index contributed by atoms with van der Waals surface area (Å²) in [4.78, 5) is 8.92. The quantitative estimate of drug-likeness (QED) is 0.776. The summed E-state index contributed by atoms with van der Waals surface area (Å²) in [5.41, 5.74) is 1.47. The van der Waals surface area contributed by atoms with Crippen LogP contribution in [0.25, 0.3) is 10.9 Å². The van der Waals surface area contributed by atoms with Crippen LogP contribution >= 0.6 is 0 Å². The topological polar surface area (TPSA) is 89.8 Å². The Hall–Kier alpha value is -2.32. The van der Waals surface area contributed by atoms with E-state index in [2.05, 4.69) is 19.8 Å². The van der Waals surface area contributed by atoms with E-state index < -0.39 is 10.0 Å². The standard InChI is InChI=1S/C17H19N5O2S/c1-11-9-13-5-3-7-15(16(13)18-10-11)25(23,24)21-14-6-4-8-22-17(14)19-12(2)20-22/h3,5,7,9-10,14,21H,4,6,8H2,1-2H3/t14-/m0/s1. The SMILES string of the molecule is Cc1cnc2c(S(=O)(=O)N[C@H]3CCCn4nc(C)nc43)cccc2c1. The first-order chi connectivity index (χ1) is 11.9. The zero-order valence-corrected chi connectivity index (χ0v) is 14.9. The van der Waals surface area contributed by atoms with E-state index in [9.17, 15) is 8.42 Å². The van der Waals surface area contributed by atoms with Crippen LogP contribution in [0.2, 0.25) is 0 Å². The Balaban J connectivity index is 1.74. The van der Waals surface area contributed by atoms with Gasteiger partial charge in [0.1, 0.15) is 16.5 Å². The van der Waals surface area contributed by atoms with Crippen LogP contribution in [0.3, 0.4) is 0 Å². The highest BCUT2D eigenvalue weighted by molar-refractivity contribution is 7.89. The zero-order valence-electron chi connectivity index (χ0n) is 14.1. The maximum absolute atomic E-state index is 13.0. The van der Waals surface area contributed by atoms with Crippen LogP contribution in [-0.2, 0) is 16.6 Å². The molecular formula is C17H19N5O2S. The van der Waals surface area contributed by atoms with Crippen molar-refractivity contribution in [2.75, 3.05) is 0 Å². The number of aryl methyl sites for hydroxylation is 3. The molecule has 8 heteroatoms. The molecule has 1 aromatic carbocycles. The van der Waals surface area contributed by atoms with E-state index in [4.69, 9.17) is 0 Å². The van der Waals surface area contributed by atoms with Gasteiger partial charge in [-0.2, -0.15) is 5.10 Å². The number of para-hydroxylation sites is 1. The number of benzene rings is 1. The van der Waals surface area contributed by atoms with Crippen molar-refractivity contribution in [3.63, 3.8) is 0 Å². The third-order valence-electron chi connectivity index (χ3n) is 4.38. The molecule has 0 fully saturated rings. The van der Waals surface area contributed by atoms with E-state index in [1.807, 2.05) is 26.0 Å². The summed E-state index contributed by atoms with van der Waals surface area (Å²) < 4.78 is 30.6. The summed E-state index contributed by atoms with van der Waals surface area (Å²) in [7, 11) is -3.73. The fraction of sp³-hybridized carbons (Fsp3) is 0.353.